The highest BCUT2D eigenvalue weighted by Crippen LogP contribution is 2.27. The number of carbonyl (C=O) groups is 1. The van der Waals surface area contributed by atoms with Crippen molar-refractivity contribution in [2.75, 3.05) is 7.05 Å². The van der Waals surface area contributed by atoms with Gasteiger partial charge in [0, 0.05) is 48.0 Å². The summed E-state index contributed by atoms with van der Waals surface area (Å²) in [6, 6.07) is 7.81. The van der Waals surface area contributed by atoms with Crippen molar-refractivity contribution in [2.45, 2.75) is 40.8 Å². The van der Waals surface area contributed by atoms with Crippen LogP contribution >= 0.6 is 0 Å². The van der Waals surface area contributed by atoms with Gasteiger partial charge in [0.25, 0.3) is 5.91 Å². The zero-order valence-corrected chi connectivity index (χ0v) is 19.9. The molecule has 4 aromatic heterocycles. The predicted molar refractivity (Wildman–Crippen MR) is 130 cm³/mol. The number of benzene rings is 1. The van der Waals surface area contributed by atoms with E-state index in [1.165, 1.54) is 0 Å². The Labute approximate surface area is 196 Å². The molecule has 9 nitrogen and oxygen atoms in total. The van der Waals surface area contributed by atoms with Crippen molar-refractivity contribution in [3.63, 3.8) is 0 Å². The molecule has 0 aliphatic heterocycles. The van der Waals surface area contributed by atoms with Crippen molar-refractivity contribution in [1.29, 1.82) is 0 Å². The number of amides is 1. The molecule has 9 heteroatoms. The number of H-pyrrole nitrogens is 1. The minimum Gasteiger partial charge on any atom is -0.336 e. The zero-order valence-electron chi connectivity index (χ0n) is 19.9. The third-order valence-corrected chi connectivity index (χ3v) is 6.17. The molecule has 0 bridgehead atoms. The molecule has 172 valence electrons. The Hall–Kier alpha value is -4.14. The van der Waals surface area contributed by atoms with E-state index in [0.717, 1.165) is 51.0 Å². The number of hydrogen-bond acceptors (Lipinski definition) is 6. The fourth-order valence-electron chi connectivity index (χ4n) is 4.19. The molecule has 0 atom stereocenters. The molecule has 0 spiro atoms. The third kappa shape index (κ3) is 3.68. The SMILES string of the molecule is CCn1ncc(CN(C)C(=O)c2nc(-c3cc4[nH]ncc4nc3C)nc3ccc(C)cc23)c1C. The Morgan fingerprint density at radius 1 is 1.06 bits per heavy atom. The van der Waals surface area contributed by atoms with Gasteiger partial charge in [-0.25, -0.2) is 15.0 Å². The number of aromatic amines is 1. The lowest BCUT2D eigenvalue weighted by Gasteiger charge is -2.18. The van der Waals surface area contributed by atoms with Crippen molar-refractivity contribution in [3.8, 4) is 11.4 Å². The number of hydrogen-bond donors (Lipinski definition) is 1. The van der Waals surface area contributed by atoms with Crippen LogP contribution in [0.15, 0.2) is 36.7 Å². The number of rotatable bonds is 5. The van der Waals surface area contributed by atoms with Crippen molar-refractivity contribution < 1.29 is 4.79 Å². The molecule has 0 saturated carbocycles. The van der Waals surface area contributed by atoms with E-state index in [1.54, 1.807) is 18.1 Å². The van der Waals surface area contributed by atoms with Crippen LogP contribution in [-0.2, 0) is 13.1 Å². The van der Waals surface area contributed by atoms with Gasteiger partial charge in [-0.2, -0.15) is 10.2 Å². The van der Waals surface area contributed by atoms with Crippen LogP contribution in [0.4, 0.5) is 0 Å². The van der Waals surface area contributed by atoms with Crippen LogP contribution in [0.3, 0.4) is 0 Å². The van der Waals surface area contributed by atoms with Gasteiger partial charge in [-0.15, -0.1) is 0 Å². The van der Waals surface area contributed by atoms with Gasteiger partial charge in [-0.3, -0.25) is 14.6 Å². The van der Waals surface area contributed by atoms with E-state index in [1.807, 2.05) is 62.8 Å². The summed E-state index contributed by atoms with van der Waals surface area (Å²) in [4.78, 5) is 29.5. The predicted octanol–water partition coefficient (Wildman–Crippen LogP) is 3.98. The van der Waals surface area contributed by atoms with Gasteiger partial charge in [-0.1, -0.05) is 11.6 Å². The fraction of sp³-hybridized carbons (Fsp3) is 0.280. The Morgan fingerprint density at radius 3 is 2.65 bits per heavy atom. The van der Waals surface area contributed by atoms with Crippen molar-refractivity contribution >= 4 is 27.8 Å². The van der Waals surface area contributed by atoms with Gasteiger partial charge in [0.2, 0.25) is 0 Å². The molecule has 0 aliphatic carbocycles. The summed E-state index contributed by atoms with van der Waals surface area (Å²) in [5.41, 5.74) is 7.29. The number of aryl methyl sites for hydroxylation is 3. The van der Waals surface area contributed by atoms with E-state index in [9.17, 15) is 4.79 Å². The van der Waals surface area contributed by atoms with E-state index in [4.69, 9.17) is 9.97 Å². The number of pyridine rings is 1. The summed E-state index contributed by atoms with van der Waals surface area (Å²) >= 11 is 0. The molecule has 4 heterocycles. The van der Waals surface area contributed by atoms with Gasteiger partial charge < -0.3 is 4.90 Å². The Bertz CT molecular complexity index is 1550. The van der Waals surface area contributed by atoms with Gasteiger partial charge in [0.1, 0.15) is 11.2 Å². The molecule has 0 aliphatic rings. The van der Waals surface area contributed by atoms with Gasteiger partial charge >= 0.3 is 0 Å². The maximum atomic E-state index is 13.7. The van der Waals surface area contributed by atoms with Crippen LogP contribution in [0.2, 0.25) is 0 Å². The molecule has 1 aromatic carbocycles. The molecule has 0 fully saturated rings. The van der Waals surface area contributed by atoms with Crippen molar-refractivity contribution in [2.24, 2.45) is 0 Å². The average molecular weight is 455 g/mol. The second kappa shape index (κ2) is 8.33. The van der Waals surface area contributed by atoms with E-state index in [-0.39, 0.29) is 5.91 Å². The van der Waals surface area contributed by atoms with Crippen LogP contribution < -0.4 is 0 Å². The summed E-state index contributed by atoms with van der Waals surface area (Å²) in [5.74, 6) is 0.292. The van der Waals surface area contributed by atoms with Crippen LogP contribution in [0.5, 0.6) is 0 Å². The lowest BCUT2D eigenvalue weighted by Crippen LogP contribution is -2.28. The molecule has 1 N–H and O–H groups in total. The van der Waals surface area contributed by atoms with Crippen LogP contribution in [0.1, 0.15) is 39.9 Å². The van der Waals surface area contributed by atoms with Gasteiger partial charge in [0.05, 0.1) is 23.4 Å². The summed E-state index contributed by atoms with van der Waals surface area (Å²) in [5, 5.41) is 12.1. The van der Waals surface area contributed by atoms with E-state index < -0.39 is 0 Å². The molecule has 5 rings (SSSR count). The third-order valence-electron chi connectivity index (χ3n) is 6.17. The summed E-state index contributed by atoms with van der Waals surface area (Å²) in [6.07, 6.45) is 3.51. The first-order valence-corrected chi connectivity index (χ1v) is 11.2. The standard InChI is InChI=1S/C25H26N8O/c1-6-33-16(4)17(11-27-33)13-32(5)25(34)23-19-9-14(2)7-8-20(19)29-24(30-23)18-10-21-22(12-26-31-21)28-15(18)3/h7-12H,6,13H2,1-5H3,(H,26,31). The van der Waals surface area contributed by atoms with Gasteiger partial charge in [-0.05, 0) is 45.9 Å². The molecule has 1 amide bonds. The highest BCUT2D eigenvalue weighted by molar-refractivity contribution is 6.05. The lowest BCUT2D eigenvalue weighted by molar-refractivity contribution is 0.0781. The van der Waals surface area contributed by atoms with Crippen LogP contribution in [0.25, 0.3) is 33.3 Å². The molecule has 34 heavy (non-hydrogen) atoms. The molecule has 5 aromatic rings. The molecular formula is C25H26N8O. The first kappa shape index (κ1) is 21.7. The van der Waals surface area contributed by atoms with E-state index in [2.05, 4.69) is 20.3 Å². The first-order valence-electron chi connectivity index (χ1n) is 11.2. The Balaban J connectivity index is 1.61. The minimum atomic E-state index is -0.170. The molecule has 0 saturated heterocycles. The maximum absolute atomic E-state index is 13.7. The summed E-state index contributed by atoms with van der Waals surface area (Å²) in [7, 11) is 1.79. The largest absolute Gasteiger partial charge is 0.336 e. The number of carbonyl (C=O) groups excluding carboxylic acids is 1. The normalized spacial score (nSPS) is 11.4. The smallest absolute Gasteiger partial charge is 0.273 e. The number of aromatic nitrogens is 7. The molecule has 0 unspecified atom stereocenters. The number of nitrogens with zero attached hydrogens (tertiary/aromatic N) is 7. The fourth-order valence-corrected chi connectivity index (χ4v) is 4.19. The average Bonchev–Trinajstić information content (AvgIpc) is 3.43. The second-order valence-corrected chi connectivity index (χ2v) is 8.57. The zero-order chi connectivity index (χ0) is 24.0. The number of fused-ring (bicyclic) bond motifs is 2. The van der Waals surface area contributed by atoms with E-state index in [0.29, 0.717) is 23.6 Å². The van der Waals surface area contributed by atoms with Crippen molar-refractivity contribution in [1.82, 2.24) is 39.8 Å². The van der Waals surface area contributed by atoms with E-state index >= 15 is 0 Å². The first-order chi connectivity index (χ1) is 16.4. The highest BCUT2D eigenvalue weighted by atomic mass is 16.2. The highest BCUT2D eigenvalue weighted by Gasteiger charge is 2.22. The second-order valence-electron chi connectivity index (χ2n) is 8.57. The maximum Gasteiger partial charge on any atom is 0.273 e. The number of nitrogens with one attached hydrogen (secondary N) is 1. The van der Waals surface area contributed by atoms with Gasteiger partial charge in [0.15, 0.2) is 5.82 Å². The lowest BCUT2D eigenvalue weighted by atomic mass is 10.1. The summed E-state index contributed by atoms with van der Waals surface area (Å²) in [6.45, 7) is 9.20. The van der Waals surface area contributed by atoms with Crippen LogP contribution in [-0.4, -0.2) is 52.8 Å². The van der Waals surface area contributed by atoms with Crippen LogP contribution in [0, 0.1) is 20.8 Å². The Kier molecular flexibility index (Phi) is 5.31. The summed E-state index contributed by atoms with van der Waals surface area (Å²) < 4.78 is 1.93. The van der Waals surface area contributed by atoms with Crippen molar-refractivity contribution in [3.05, 3.63) is 64.9 Å². The minimum absolute atomic E-state index is 0.170. The molecule has 0 radical (unpaired) electrons. The quantitative estimate of drug-likeness (QED) is 0.431. The topological polar surface area (TPSA) is 105 Å². The Morgan fingerprint density at radius 2 is 1.88 bits per heavy atom. The molecular weight excluding hydrogens is 428 g/mol. The monoisotopic (exact) mass is 454 g/mol.